The van der Waals surface area contributed by atoms with E-state index < -0.39 is 24.2 Å². The molecule has 1 aromatic carbocycles. The number of carbonyl (C=O) groups excluding carboxylic acids is 1. The van der Waals surface area contributed by atoms with E-state index in [-0.39, 0.29) is 0 Å². The third-order valence-electron chi connectivity index (χ3n) is 2.57. The maximum absolute atomic E-state index is 12.5. The van der Waals surface area contributed by atoms with Gasteiger partial charge in [0, 0.05) is 18.0 Å². The highest BCUT2D eigenvalue weighted by Gasteiger charge is 2.31. The largest absolute Gasteiger partial charge is 0.473 e. The van der Waals surface area contributed by atoms with Crippen LogP contribution < -0.4 is 10.4 Å². The van der Waals surface area contributed by atoms with Crippen LogP contribution in [0.5, 0.6) is 5.75 Å². The van der Waals surface area contributed by atoms with Gasteiger partial charge in [0.1, 0.15) is 12.0 Å². The smallest absolute Gasteiger partial charge is 0.419 e. The molecule has 1 heterocycles. The molecule has 1 aromatic heterocycles. The van der Waals surface area contributed by atoms with Gasteiger partial charge < -0.3 is 4.74 Å². The molecule has 2 aromatic rings. The van der Waals surface area contributed by atoms with Crippen LogP contribution in [0, 0.1) is 0 Å². The number of rotatable bonds is 4. The summed E-state index contributed by atoms with van der Waals surface area (Å²) in [5.74, 6) is 0.310. The lowest BCUT2D eigenvalue weighted by Gasteiger charge is -2.11. The molecule has 0 radical (unpaired) electrons. The molecule has 0 fully saturated rings. The van der Waals surface area contributed by atoms with E-state index in [1.807, 2.05) is 0 Å². The fourth-order valence-electron chi connectivity index (χ4n) is 1.48. The first-order chi connectivity index (χ1) is 9.90. The molecule has 0 amide bonds. The molecule has 0 saturated carbocycles. The molecular formula is C13H9F3N2O3. The molecule has 0 spiro atoms. The van der Waals surface area contributed by atoms with Gasteiger partial charge in [-0.3, -0.25) is 9.36 Å². The maximum Gasteiger partial charge on any atom is 0.419 e. The highest BCUT2D eigenvalue weighted by molar-refractivity contribution is 5.74. The van der Waals surface area contributed by atoms with Crippen molar-refractivity contribution in [1.29, 1.82) is 0 Å². The van der Waals surface area contributed by atoms with E-state index in [0.29, 0.717) is 34.6 Å². The molecule has 110 valence electrons. The van der Waals surface area contributed by atoms with Gasteiger partial charge in [-0.25, -0.2) is 9.78 Å². The quantitative estimate of drug-likeness (QED) is 0.811. The lowest BCUT2D eigenvalue weighted by atomic mass is 10.2. The van der Waals surface area contributed by atoms with Gasteiger partial charge in [0.05, 0.1) is 5.56 Å². The molecule has 0 saturated heterocycles. The first kappa shape index (κ1) is 14.8. The maximum atomic E-state index is 12.5. The zero-order chi connectivity index (χ0) is 15.5. The Hall–Kier alpha value is -2.64. The van der Waals surface area contributed by atoms with E-state index in [4.69, 9.17) is 4.74 Å². The normalized spacial score (nSPS) is 11.2. The molecule has 0 N–H and O–H groups in total. The molecule has 5 nitrogen and oxygen atoms in total. The summed E-state index contributed by atoms with van der Waals surface area (Å²) >= 11 is 0. The molecule has 2 rings (SSSR count). The van der Waals surface area contributed by atoms with Gasteiger partial charge in [0.25, 0.3) is 0 Å². The van der Waals surface area contributed by atoms with Crippen molar-refractivity contribution < 1.29 is 22.7 Å². The number of hydrogen-bond acceptors (Lipinski definition) is 4. The van der Waals surface area contributed by atoms with Crippen molar-refractivity contribution in [2.24, 2.45) is 0 Å². The Bertz CT molecular complexity index is 693. The van der Waals surface area contributed by atoms with E-state index in [0.717, 1.165) is 0 Å². The Balaban J connectivity index is 2.15. The third-order valence-corrected chi connectivity index (χ3v) is 2.57. The highest BCUT2D eigenvalue weighted by atomic mass is 19.4. The molecule has 8 heteroatoms. The van der Waals surface area contributed by atoms with Gasteiger partial charge in [0.15, 0.2) is 6.73 Å². The standard InChI is InChI=1S/C13H9F3N2O3/c14-13(15,16)10-5-17-12(20)18(6-10)8-21-11-3-1-9(7-19)2-4-11/h1-7H,8H2. The Morgan fingerprint density at radius 2 is 1.90 bits per heavy atom. The Kier molecular flexibility index (Phi) is 4.06. The van der Waals surface area contributed by atoms with Gasteiger partial charge in [0.2, 0.25) is 0 Å². The average Bonchev–Trinajstić information content (AvgIpc) is 2.45. The van der Waals surface area contributed by atoms with Gasteiger partial charge in [-0.15, -0.1) is 0 Å². The van der Waals surface area contributed by atoms with Crippen molar-refractivity contribution in [2.45, 2.75) is 12.9 Å². The van der Waals surface area contributed by atoms with Crippen LogP contribution in [0.2, 0.25) is 0 Å². The summed E-state index contributed by atoms with van der Waals surface area (Å²) in [4.78, 5) is 25.0. The van der Waals surface area contributed by atoms with Crippen molar-refractivity contribution in [2.75, 3.05) is 0 Å². The molecule has 0 aliphatic rings. The summed E-state index contributed by atoms with van der Waals surface area (Å²) in [6, 6.07) is 5.90. The van der Waals surface area contributed by atoms with Gasteiger partial charge in [-0.05, 0) is 24.3 Å². The van der Waals surface area contributed by atoms with E-state index in [2.05, 4.69) is 4.98 Å². The summed E-state index contributed by atoms with van der Waals surface area (Å²) in [5, 5.41) is 0. The number of aldehydes is 1. The molecule has 0 bridgehead atoms. The molecule has 0 unspecified atom stereocenters. The first-order valence-corrected chi connectivity index (χ1v) is 5.72. The summed E-state index contributed by atoms with van der Waals surface area (Å²) < 4.78 is 43.4. The number of carbonyl (C=O) groups is 1. The van der Waals surface area contributed by atoms with Crippen molar-refractivity contribution in [1.82, 2.24) is 9.55 Å². The minimum absolute atomic E-state index is 0.310. The summed E-state index contributed by atoms with van der Waals surface area (Å²) in [6.07, 6.45) is -2.84. The van der Waals surface area contributed by atoms with Crippen LogP contribution in [0.1, 0.15) is 15.9 Å². The molecule has 0 atom stereocenters. The molecule has 0 aliphatic heterocycles. The summed E-state index contributed by atoms with van der Waals surface area (Å²) in [7, 11) is 0. The molecular weight excluding hydrogens is 289 g/mol. The zero-order valence-corrected chi connectivity index (χ0v) is 10.5. The first-order valence-electron chi connectivity index (χ1n) is 5.72. The van der Waals surface area contributed by atoms with E-state index >= 15 is 0 Å². The Morgan fingerprint density at radius 3 is 2.48 bits per heavy atom. The number of ether oxygens (including phenoxy) is 1. The van der Waals surface area contributed by atoms with E-state index in [1.54, 1.807) is 0 Å². The van der Waals surface area contributed by atoms with Crippen LogP contribution in [0.3, 0.4) is 0 Å². The van der Waals surface area contributed by atoms with E-state index in [9.17, 15) is 22.8 Å². The van der Waals surface area contributed by atoms with Crippen LogP contribution in [0.25, 0.3) is 0 Å². The average molecular weight is 298 g/mol. The van der Waals surface area contributed by atoms with Crippen molar-refractivity contribution in [3.8, 4) is 5.75 Å². The number of benzene rings is 1. The van der Waals surface area contributed by atoms with Gasteiger partial charge >= 0.3 is 11.9 Å². The minimum atomic E-state index is -4.59. The van der Waals surface area contributed by atoms with E-state index in [1.165, 1.54) is 24.3 Å². The number of nitrogens with zero attached hydrogens (tertiary/aromatic N) is 2. The van der Waals surface area contributed by atoms with Crippen LogP contribution in [0.4, 0.5) is 13.2 Å². The molecule has 0 aliphatic carbocycles. The molecule has 21 heavy (non-hydrogen) atoms. The monoisotopic (exact) mass is 298 g/mol. The SMILES string of the molecule is O=Cc1ccc(OCn2cc(C(F)(F)F)cnc2=O)cc1. The predicted molar refractivity (Wildman–Crippen MR) is 66.0 cm³/mol. The van der Waals surface area contributed by atoms with Gasteiger partial charge in [-0.2, -0.15) is 13.2 Å². The number of hydrogen-bond donors (Lipinski definition) is 0. The zero-order valence-electron chi connectivity index (χ0n) is 10.5. The Labute approximate surface area is 116 Å². The topological polar surface area (TPSA) is 61.2 Å². The second kappa shape index (κ2) is 5.78. The van der Waals surface area contributed by atoms with Crippen LogP contribution in [-0.4, -0.2) is 15.8 Å². The van der Waals surface area contributed by atoms with Crippen molar-refractivity contribution in [3.05, 3.63) is 58.3 Å². The number of aromatic nitrogens is 2. The third kappa shape index (κ3) is 3.68. The fourth-order valence-corrected chi connectivity index (χ4v) is 1.48. The highest BCUT2D eigenvalue weighted by Crippen LogP contribution is 2.27. The van der Waals surface area contributed by atoms with Crippen LogP contribution in [0.15, 0.2) is 41.5 Å². The summed E-state index contributed by atoms with van der Waals surface area (Å²) in [6.45, 7) is -0.420. The van der Waals surface area contributed by atoms with Crippen LogP contribution in [-0.2, 0) is 12.9 Å². The minimum Gasteiger partial charge on any atom is -0.473 e. The summed E-state index contributed by atoms with van der Waals surface area (Å²) in [5.41, 5.74) is -1.46. The van der Waals surface area contributed by atoms with Crippen LogP contribution >= 0.6 is 0 Å². The van der Waals surface area contributed by atoms with Crippen molar-refractivity contribution >= 4 is 6.29 Å². The second-order valence-electron chi connectivity index (χ2n) is 4.05. The predicted octanol–water partition coefficient (Wildman–Crippen LogP) is 2.11. The number of alkyl halides is 3. The number of halogens is 3. The van der Waals surface area contributed by atoms with Crippen molar-refractivity contribution in [3.63, 3.8) is 0 Å². The lowest BCUT2D eigenvalue weighted by molar-refractivity contribution is -0.138. The second-order valence-corrected chi connectivity index (χ2v) is 4.05. The fraction of sp³-hybridized carbons (Fsp3) is 0.154. The van der Waals surface area contributed by atoms with Gasteiger partial charge in [-0.1, -0.05) is 0 Å². The lowest BCUT2D eigenvalue weighted by Crippen LogP contribution is -2.26. The Morgan fingerprint density at radius 1 is 1.24 bits per heavy atom.